The van der Waals surface area contributed by atoms with Crippen molar-refractivity contribution in [2.75, 3.05) is 9.80 Å². The van der Waals surface area contributed by atoms with E-state index in [4.69, 9.17) is 4.98 Å². The fourth-order valence-corrected chi connectivity index (χ4v) is 15.5. The van der Waals surface area contributed by atoms with Crippen LogP contribution in [-0.4, -0.2) is 21.1 Å². The molecule has 1 radical (unpaired) electrons. The zero-order valence-electron chi connectivity index (χ0n) is 54.5. The van der Waals surface area contributed by atoms with Crippen molar-refractivity contribution in [3.63, 3.8) is 0 Å². The Bertz CT molecular complexity index is 5010. The second kappa shape index (κ2) is 20.6. The third-order valence-corrected chi connectivity index (χ3v) is 20.7. The van der Waals surface area contributed by atoms with Gasteiger partial charge in [0.1, 0.15) is 0 Å². The Morgan fingerprint density at radius 2 is 1.18 bits per heavy atom. The van der Waals surface area contributed by atoms with Crippen LogP contribution >= 0.6 is 11.8 Å². The van der Waals surface area contributed by atoms with E-state index in [-0.39, 0.29) is 59.7 Å². The summed E-state index contributed by atoms with van der Waals surface area (Å²) in [6.45, 7) is 37.4. The predicted molar refractivity (Wildman–Crippen MR) is 375 cm³/mol. The summed E-state index contributed by atoms with van der Waals surface area (Å²) in [6, 6.07) is 64.9. The first-order chi connectivity index (χ1) is 42.1. The van der Waals surface area contributed by atoms with Gasteiger partial charge in [-0.1, -0.05) is 192 Å². The van der Waals surface area contributed by atoms with E-state index < -0.39 is 0 Å². The number of nitrogens with zero attached hydrogens (tertiary/aromatic N) is 5. The number of benzene rings is 9. The van der Waals surface area contributed by atoms with Crippen molar-refractivity contribution in [2.45, 2.75) is 148 Å². The summed E-state index contributed by atoms with van der Waals surface area (Å²) in [5, 5.41) is 3.40. The van der Waals surface area contributed by atoms with Crippen molar-refractivity contribution in [3.8, 4) is 22.4 Å². The van der Waals surface area contributed by atoms with Crippen LogP contribution in [0.1, 0.15) is 141 Å². The number of anilines is 6. The van der Waals surface area contributed by atoms with Gasteiger partial charge in [0.15, 0.2) is 0 Å². The molecule has 90 heavy (non-hydrogen) atoms. The first-order valence-corrected chi connectivity index (χ1v) is 32.3. The van der Waals surface area contributed by atoms with Gasteiger partial charge < -0.3 is 19.2 Å². The molecular weight excluding hydrogens is 1300 g/mol. The van der Waals surface area contributed by atoms with Gasteiger partial charge in [-0.05, 0) is 156 Å². The van der Waals surface area contributed by atoms with E-state index in [1.807, 2.05) is 43.9 Å². The number of fused-ring (bicyclic) bond motifs is 16. The fraction of sp³-hybridized carbons (Fsp3) is 0.259. The monoisotopic (exact) mass is 1370 g/mol. The van der Waals surface area contributed by atoms with Gasteiger partial charge in [-0.25, -0.2) is 0 Å². The van der Waals surface area contributed by atoms with Crippen molar-refractivity contribution >= 4 is 107 Å². The third-order valence-electron chi connectivity index (χ3n) is 19.6. The van der Waals surface area contributed by atoms with Crippen molar-refractivity contribution in [1.82, 2.24) is 14.4 Å². The van der Waals surface area contributed by atoms with Crippen LogP contribution in [0.15, 0.2) is 174 Å². The van der Waals surface area contributed by atoms with Gasteiger partial charge >= 0.3 is 0 Å². The first kappa shape index (κ1) is 59.8. The smallest absolute Gasteiger partial charge is 0.252 e. The Kier molecular flexibility index (Phi) is 13.7. The van der Waals surface area contributed by atoms with Gasteiger partial charge in [0.25, 0.3) is 6.71 Å². The molecule has 0 N–H and O–H groups in total. The van der Waals surface area contributed by atoms with Crippen molar-refractivity contribution in [2.24, 2.45) is 0 Å². The Balaban J connectivity index is 0.000000388. The molecule has 0 aliphatic carbocycles. The van der Waals surface area contributed by atoms with Gasteiger partial charge in [0, 0.05) is 75.5 Å². The van der Waals surface area contributed by atoms with Gasteiger partial charge in [0.2, 0.25) is 0 Å². The van der Waals surface area contributed by atoms with Crippen LogP contribution in [0.4, 0.5) is 38.5 Å². The molecule has 0 atom stereocenters. The number of pyridine rings is 2. The number of aromatic nitrogens is 3. The van der Waals surface area contributed by atoms with Crippen molar-refractivity contribution < 1.29 is 24.5 Å². The van der Waals surface area contributed by atoms with Crippen LogP contribution in [0, 0.1) is 31.8 Å². The molecule has 9 aromatic carbocycles. The number of imidazole rings is 1. The summed E-state index contributed by atoms with van der Waals surface area (Å²) in [7, 11) is 0. The minimum atomic E-state index is -0.285. The average Bonchev–Trinajstić information content (AvgIpc) is 0.732. The van der Waals surface area contributed by atoms with E-state index in [0.29, 0.717) is 0 Å². The molecule has 7 heterocycles. The van der Waals surface area contributed by atoms with E-state index in [0.717, 1.165) is 50.0 Å². The van der Waals surface area contributed by atoms with Crippen LogP contribution in [0.3, 0.4) is 0 Å². The molecule has 0 bridgehead atoms. The SMILES string of the molecule is CC(C)(C)c1ccc2c(c1)Sc1cc(C(C)(C)C)cc3c1N2c1cc(-c2cccc4nc5c6[c-]cccc6c6ccccc6n5c24)cc2c1B3c1cc(C(C)(C)C)cc3c1N2c1ccc(C(C)(C)C)cc1C3(C)C.Cc1cnc(-c2[c-]cc(F)cc2)cc1C.[Ir]. The van der Waals surface area contributed by atoms with E-state index in [1.54, 1.807) is 6.07 Å². The maximum absolute atomic E-state index is 12.7. The van der Waals surface area contributed by atoms with E-state index in [9.17, 15) is 4.39 Å². The van der Waals surface area contributed by atoms with Crippen LogP contribution in [-0.2, 0) is 47.2 Å². The van der Waals surface area contributed by atoms with Crippen LogP contribution in [0.5, 0.6) is 0 Å². The molecule has 4 aliphatic rings. The zero-order chi connectivity index (χ0) is 62.3. The molecule has 0 saturated carbocycles. The predicted octanol–water partition coefficient (Wildman–Crippen LogP) is 19.9. The Morgan fingerprint density at radius 3 is 1.86 bits per heavy atom. The first-order valence-electron chi connectivity index (χ1n) is 31.5. The molecule has 9 heteroatoms. The van der Waals surface area contributed by atoms with Gasteiger partial charge in [-0.3, -0.25) is 9.37 Å². The summed E-state index contributed by atoms with van der Waals surface area (Å²) < 4.78 is 15.1. The average molecular weight is 1370 g/mol. The van der Waals surface area contributed by atoms with E-state index in [2.05, 4.69) is 256 Å². The molecule has 451 valence electrons. The minimum Gasteiger partial charge on any atom is -0.333 e. The Labute approximate surface area is 548 Å². The molecule has 0 saturated heterocycles. The van der Waals surface area contributed by atoms with Gasteiger partial charge in [-0.15, -0.1) is 59.5 Å². The third kappa shape index (κ3) is 9.25. The standard InChI is InChI=1S/C68H64BN4S.C13H11FN.Ir/c1-64(2,3)39-26-28-53-47(32-39)68(13,14)48-33-41(66(7,8)9)34-49-61(48)71(53)55-30-38(43-23-19-24-51-60(43)73-52-25-18-17-21-45(52)44-20-15-16-22-46(44)63(73)70-51)31-56-59(55)69(49)50-35-42(67(10,11)12)37-58-62(50)72(56)54-29-27-40(65(4,5)6)36-57(54)74-58;1-9-7-13(15-8-10(9)2)11-3-5-12(14)6-4-11;/h15-21,23-37H,1-14H3;3,5-8H,1-2H3;/q2*-1;. The summed E-state index contributed by atoms with van der Waals surface area (Å²) in [5.74, 6) is -0.275. The quantitative estimate of drug-likeness (QED) is 0.0979. The maximum atomic E-state index is 12.7. The molecule has 5 nitrogen and oxygen atoms in total. The molecule has 0 unspecified atom stereocenters. The zero-order valence-corrected chi connectivity index (χ0v) is 57.7. The summed E-state index contributed by atoms with van der Waals surface area (Å²) in [6.07, 6.45) is 1.82. The summed E-state index contributed by atoms with van der Waals surface area (Å²) >= 11 is 1.96. The van der Waals surface area contributed by atoms with Gasteiger partial charge in [-0.2, -0.15) is 0 Å². The minimum absolute atomic E-state index is 0. The number of para-hydroxylation sites is 2. The van der Waals surface area contributed by atoms with Crippen LogP contribution < -0.4 is 26.2 Å². The summed E-state index contributed by atoms with van der Waals surface area (Å²) in [5.41, 5.74) is 30.0. The largest absolute Gasteiger partial charge is 0.333 e. The number of hydrogen-bond acceptors (Lipinski definition) is 5. The number of aryl methyl sites for hydroxylation is 2. The molecule has 0 fully saturated rings. The second-order valence-corrected chi connectivity index (χ2v) is 31.1. The van der Waals surface area contributed by atoms with E-state index >= 15 is 0 Å². The fourth-order valence-electron chi connectivity index (χ4n) is 14.3. The molecular formula is C81H75BFIrN5S-2. The molecule has 4 aliphatic heterocycles. The van der Waals surface area contributed by atoms with Crippen LogP contribution in [0.2, 0.25) is 0 Å². The number of hydrogen-bond donors (Lipinski definition) is 0. The van der Waals surface area contributed by atoms with E-state index in [1.165, 1.54) is 128 Å². The second-order valence-electron chi connectivity index (χ2n) is 30.0. The van der Waals surface area contributed by atoms with Crippen molar-refractivity contribution in [1.29, 1.82) is 0 Å². The number of rotatable bonds is 2. The van der Waals surface area contributed by atoms with Crippen molar-refractivity contribution in [3.05, 3.63) is 226 Å². The molecule has 3 aromatic heterocycles. The maximum Gasteiger partial charge on any atom is 0.252 e. The Morgan fingerprint density at radius 1 is 0.556 bits per heavy atom. The summed E-state index contributed by atoms with van der Waals surface area (Å²) in [4.78, 5) is 17.8. The topological polar surface area (TPSA) is 36.7 Å². The Hall–Kier alpha value is -7.81. The molecule has 0 amide bonds. The number of halogens is 1. The van der Waals surface area contributed by atoms with Gasteiger partial charge in [0.05, 0.1) is 33.7 Å². The van der Waals surface area contributed by atoms with Crippen LogP contribution in [0.25, 0.3) is 60.7 Å². The normalized spacial score (nSPS) is 14.4. The molecule has 0 spiro atoms. The molecule has 12 aromatic rings. The molecule has 16 rings (SSSR count).